The van der Waals surface area contributed by atoms with Gasteiger partial charge in [0.15, 0.2) is 0 Å². The fraction of sp³-hybridized carbons (Fsp3) is 0.333. The van der Waals surface area contributed by atoms with Crippen LogP contribution in [0.4, 0.5) is 10.1 Å². The lowest BCUT2D eigenvalue weighted by Gasteiger charge is -2.34. The molecule has 1 fully saturated rings. The molecule has 1 aliphatic rings. The smallest absolute Gasteiger partial charge is 0.238 e. The van der Waals surface area contributed by atoms with Crippen LogP contribution in [0.25, 0.3) is 0 Å². The van der Waals surface area contributed by atoms with Crippen LogP contribution in [0.1, 0.15) is 12.0 Å². The number of carbonyl (C=O) groups excluding carboxylic acids is 2. The minimum atomic E-state index is -0.386. The fourth-order valence-electron chi connectivity index (χ4n) is 3.19. The molecule has 7 heteroatoms. The summed E-state index contributed by atoms with van der Waals surface area (Å²) in [6.45, 7) is 2.72. The molecule has 0 spiro atoms. The highest BCUT2D eigenvalue weighted by Gasteiger charge is 2.22. The largest absolute Gasteiger partial charge is 0.340 e. The molecule has 0 atom stereocenters. The number of amides is 2. The predicted octanol–water partition coefficient (Wildman–Crippen LogP) is 3.19. The lowest BCUT2D eigenvalue weighted by atomic mass is 10.1. The van der Waals surface area contributed by atoms with Gasteiger partial charge in [0, 0.05) is 43.3 Å². The summed E-state index contributed by atoms with van der Waals surface area (Å²) in [7, 11) is 0. The van der Waals surface area contributed by atoms with E-state index in [1.807, 2.05) is 34.1 Å². The molecule has 5 nitrogen and oxygen atoms in total. The third kappa shape index (κ3) is 6.04. The van der Waals surface area contributed by atoms with Gasteiger partial charge in [-0.15, -0.1) is 0 Å². The third-order valence-corrected chi connectivity index (χ3v) is 4.99. The van der Waals surface area contributed by atoms with Crippen molar-refractivity contribution in [1.82, 2.24) is 9.80 Å². The minimum absolute atomic E-state index is 0.124. The second-order valence-electron chi connectivity index (χ2n) is 6.84. The van der Waals surface area contributed by atoms with E-state index >= 15 is 0 Å². The summed E-state index contributed by atoms with van der Waals surface area (Å²) >= 11 is 5.87. The Morgan fingerprint density at radius 1 is 1.04 bits per heavy atom. The molecular weight excluding hydrogens is 381 g/mol. The zero-order chi connectivity index (χ0) is 19.9. The lowest BCUT2D eigenvalue weighted by molar-refractivity contribution is -0.133. The van der Waals surface area contributed by atoms with Crippen molar-refractivity contribution >= 4 is 29.1 Å². The summed E-state index contributed by atoms with van der Waals surface area (Å²) in [6.07, 6.45) is 1.15. The summed E-state index contributed by atoms with van der Waals surface area (Å²) in [5.41, 5.74) is 1.53. The standard InChI is InChI=1S/C21H23ClFN3O2/c22-17-7-4-16(5-8-17)6-9-21(28)26-12-10-25(11-13-26)15-20(27)24-19-3-1-2-18(23)14-19/h1-5,7-8,14H,6,9-13,15H2,(H,24,27). The molecule has 1 saturated heterocycles. The predicted molar refractivity (Wildman–Crippen MR) is 108 cm³/mol. The van der Waals surface area contributed by atoms with Crippen LogP contribution in [0, 0.1) is 5.82 Å². The Balaban J connectivity index is 1.39. The summed E-state index contributed by atoms with van der Waals surface area (Å²) in [6, 6.07) is 13.4. The van der Waals surface area contributed by atoms with Crippen molar-refractivity contribution in [1.29, 1.82) is 0 Å². The number of nitrogens with one attached hydrogen (secondary N) is 1. The monoisotopic (exact) mass is 403 g/mol. The molecule has 2 aromatic rings. The maximum Gasteiger partial charge on any atom is 0.238 e. The van der Waals surface area contributed by atoms with Crippen molar-refractivity contribution in [2.45, 2.75) is 12.8 Å². The first kappa shape index (κ1) is 20.3. The van der Waals surface area contributed by atoms with Crippen LogP contribution < -0.4 is 5.32 Å². The van der Waals surface area contributed by atoms with Crippen LogP contribution in [0.15, 0.2) is 48.5 Å². The van der Waals surface area contributed by atoms with Crippen molar-refractivity contribution in [2.75, 3.05) is 38.0 Å². The molecule has 0 unspecified atom stereocenters. The Labute approximate surface area is 169 Å². The highest BCUT2D eigenvalue weighted by molar-refractivity contribution is 6.30. The number of aryl methyl sites for hydroxylation is 1. The molecule has 148 valence electrons. The Kier molecular flexibility index (Phi) is 7.01. The number of hydrogen-bond acceptors (Lipinski definition) is 3. The Bertz CT molecular complexity index is 821. The van der Waals surface area contributed by atoms with E-state index in [-0.39, 0.29) is 24.2 Å². The quantitative estimate of drug-likeness (QED) is 0.805. The van der Waals surface area contributed by atoms with E-state index in [9.17, 15) is 14.0 Å². The first-order valence-corrected chi connectivity index (χ1v) is 9.67. The normalized spacial score (nSPS) is 14.7. The molecule has 1 aliphatic heterocycles. The SMILES string of the molecule is O=C(CN1CCN(C(=O)CCc2ccc(Cl)cc2)CC1)Nc1cccc(F)c1. The average Bonchev–Trinajstić information content (AvgIpc) is 2.68. The van der Waals surface area contributed by atoms with Crippen molar-refractivity contribution < 1.29 is 14.0 Å². The van der Waals surface area contributed by atoms with E-state index in [1.54, 1.807) is 12.1 Å². The number of benzene rings is 2. The van der Waals surface area contributed by atoms with Gasteiger partial charge in [-0.05, 0) is 42.3 Å². The topological polar surface area (TPSA) is 52.7 Å². The van der Waals surface area contributed by atoms with Crippen molar-refractivity contribution in [3.63, 3.8) is 0 Å². The van der Waals surface area contributed by atoms with Gasteiger partial charge in [0.05, 0.1) is 6.54 Å². The molecule has 0 aliphatic carbocycles. The number of anilines is 1. The van der Waals surface area contributed by atoms with Gasteiger partial charge < -0.3 is 10.2 Å². The summed E-state index contributed by atoms with van der Waals surface area (Å²) in [4.78, 5) is 28.4. The zero-order valence-electron chi connectivity index (χ0n) is 15.5. The van der Waals surface area contributed by atoms with Crippen LogP contribution in [0.2, 0.25) is 5.02 Å². The van der Waals surface area contributed by atoms with Crippen molar-refractivity contribution in [2.24, 2.45) is 0 Å². The Hall–Kier alpha value is -2.44. The number of piperazine rings is 1. The minimum Gasteiger partial charge on any atom is -0.340 e. The molecule has 2 amide bonds. The first-order valence-electron chi connectivity index (χ1n) is 9.29. The molecule has 0 aromatic heterocycles. The molecule has 1 N–H and O–H groups in total. The molecule has 0 radical (unpaired) electrons. The molecule has 0 bridgehead atoms. The van der Waals surface area contributed by atoms with Gasteiger partial charge in [0.1, 0.15) is 5.82 Å². The molecule has 3 rings (SSSR count). The van der Waals surface area contributed by atoms with E-state index in [1.165, 1.54) is 12.1 Å². The van der Waals surface area contributed by atoms with E-state index in [0.717, 1.165) is 5.56 Å². The highest BCUT2D eigenvalue weighted by atomic mass is 35.5. The molecule has 1 heterocycles. The van der Waals surface area contributed by atoms with Crippen LogP contribution in [0.5, 0.6) is 0 Å². The van der Waals surface area contributed by atoms with Gasteiger partial charge >= 0.3 is 0 Å². The molecule has 0 saturated carbocycles. The number of hydrogen-bond donors (Lipinski definition) is 1. The number of halogens is 2. The lowest BCUT2D eigenvalue weighted by Crippen LogP contribution is -2.50. The molecule has 28 heavy (non-hydrogen) atoms. The Morgan fingerprint density at radius 2 is 1.75 bits per heavy atom. The number of carbonyl (C=O) groups is 2. The van der Waals surface area contributed by atoms with E-state index in [4.69, 9.17) is 11.6 Å². The van der Waals surface area contributed by atoms with Crippen LogP contribution in [-0.4, -0.2) is 54.3 Å². The fourth-order valence-corrected chi connectivity index (χ4v) is 3.31. The molecule has 2 aromatic carbocycles. The first-order chi connectivity index (χ1) is 13.5. The summed E-state index contributed by atoms with van der Waals surface area (Å²) in [5, 5.41) is 3.38. The summed E-state index contributed by atoms with van der Waals surface area (Å²) in [5.74, 6) is -0.449. The zero-order valence-corrected chi connectivity index (χ0v) is 16.3. The second-order valence-corrected chi connectivity index (χ2v) is 7.28. The van der Waals surface area contributed by atoms with Gasteiger partial charge in [-0.3, -0.25) is 14.5 Å². The average molecular weight is 404 g/mol. The van der Waals surface area contributed by atoms with Crippen molar-refractivity contribution in [3.05, 3.63) is 64.9 Å². The van der Waals surface area contributed by atoms with Gasteiger partial charge in [-0.1, -0.05) is 29.8 Å². The maximum atomic E-state index is 13.2. The highest BCUT2D eigenvalue weighted by Crippen LogP contribution is 2.13. The van der Waals surface area contributed by atoms with Gasteiger partial charge in [0.25, 0.3) is 0 Å². The van der Waals surface area contributed by atoms with Crippen LogP contribution >= 0.6 is 11.6 Å². The maximum absolute atomic E-state index is 13.2. The van der Waals surface area contributed by atoms with Gasteiger partial charge in [-0.25, -0.2) is 4.39 Å². The van der Waals surface area contributed by atoms with E-state index in [0.29, 0.717) is 49.7 Å². The summed E-state index contributed by atoms with van der Waals surface area (Å²) < 4.78 is 13.2. The van der Waals surface area contributed by atoms with E-state index in [2.05, 4.69) is 5.32 Å². The van der Waals surface area contributed by atoms with Crippen molar-refractivity contribution in [3.8, 4) is 0 Å². The molecular formula is C21H23ClFN3O2. The van der Waals surface area contributed by atoms with Crippen LogP contribution in [0.3, 0.4) is 0 Å². The number of rotatable bonds is 6. The third-order valence-electron chi connectivity index (χ3n) is 4.74. The van der Waals surface area contributed by atoms with Gasteiger partial charge in [-0.2, -0.15) is 0 Å². The van der Waals surface area contributed by atoms with Gasteiger partial charge in [0.2, 0.25) is 11.8 Å². The van der Waals surface area contributed by atoms with E-state index < -0.39 is 0 Å². The van der Waals surface area contributed by atoms with Crippen LogP contribution in [-0.2, 0) is 16.0 Å². The second kappa shape index (κ2) is 9.66. The number of nitrogens with zero attached hydrogens (tertiary/aromatic N) is 2. The Morgan fingerprint density at radius 3 is 2.43 bits per heavy atom.